The molecule has 92 valence electrons. The molecule has 0 bridgehead atoms. The first-order valence-corrected chi connectivity index (χ1v) is 4.96. The molecular weight excluding hydrogens is 240 g/mol. The van der Waals surface area contributed by atoms with Crippen LogP contribution < -0.4 is 5.43 Å². The molecule has 0 aliphatic carbocycles. The first-order chi connectivity index (χ1) is 8.41. The third-order valence-corrected chi connectivity index (χ3v) is 2.47. The summed E-state index contributed by atoms with van der Waals surface area (Å²) in [6.07, 6.45) is 0. The van der Waals surface area contributed by atoms with Crippen molar-refractivity contribution in [1.82, 2.24) is 0 Å². The van der Waals surface area contributed by atoms with Gasteiger partial charge >= 0.3 is 5.97 Å². The minimum Gasteiger partial charge on any atom is -0.508 e. The summed E-state index contributed by atoms with van der Waals surface area (Å²) in [4.78, 5) is 34.0. The topological polar surface area (TPSA) is 105 Å². The van der Waals surface area contributed by atoms with Crippen LogP contribution in [0.5, 0.6) is 5.75 Å². The average molecular weight is 248 g/mol. The SMILES string of the molecule is Cc1oc2cc(O)ccc2c(=O)c1C(=O)C(=O)O. The molecule has 1 aromatic heterocycles. The number of hydrogen-bond acceptors (Lipinski definition) is 5. The average Bonchev–Trinajstić information content (AvgIpc) is 2.27. The molecule has 6 nitrogen and oxygen atoms in total. The Hall–Kier alpha value is -2.63. The van der Waals surface area contributed by atoms with Crippen LogP contribution in [-0.2, 0) is 4.79 Å². The van der Waals surface area contributed by atoms with Crippen LogP contribution in [0.15, 0.2) is 27.4 Å². The molecule has 0 atom stereocenters. The van der Waals surface area contributed by atoms with Gasteiger partial charge in [-0.15, -0.1) is 0 Å². The molecule has 0 spiro atoms. The summed E-state index contributed by atoms with van der Waals surface area (Å²) in [5.74, 6) is -3.22. The van der Waals surface area contributed by atoms with Crippen molar-refractivity contribution in [3.63, 3.8) is 0 Å². The van der Waals surface area contributed by atoms with Crippen molar-refractivity contribution in [2.45, 2.75) is 6.92 Å². The molecule has 1 heterocycles. The maximum atomic E-state index is 12.0. The van der Waals surface area contributed by atoms with Gasteiger partial charge in [0.25, 0.3) is 5.78 Å². The Morgan fingerprint density at radius 3 is 2.56 bits per heavy atom. The number of carbonyl (C=O) groups is 2. The van der Waals surface area contributed by atoms with Crippen molar-refractivity contribution in [2.24, 2.45) is 0 Å². The lowest BCUT2D eigenvalue weighted by molar-refractivity contribution is -0.131. The highest BCUT2D eigenvalue weighted by molar-refractivity contribution is 6.40. The quantitative estimate of drug-likeness (QED) is 0.608. The van der Waals surface area contributed by atoms with Crippen molar-refractivity contribution in [2.75, 3.05) is 0 Å². The summed E-state index contributed by atoms with van der Waals surface area (Å²) in [7, 11) is 0. The third kappa shape index (κ3) is 1.73. The van der Waals surface area contributed by atoms with E-state index in [0.717, 1.165) is 0 Å². The molecule has 0 aliphatic rings. The van der Waals surface area contributed by atoms with E-state index in [1.165, 1.54) is 25.1 Å². The van der Waals surface area contributed by atoms with Gasteiger partial charge in [-0.25, -0.2) is 4.79 Å². The van der Waals surface area contributed by atoms with Crippen molar-refractivity contribution in [1.29, 1.82) is 0 Å². The second-order valence-corrected chi connectivity index (χ2v) is 3.68. The van der Waals surface area contributed by atoms with Crippen LogP contribution in [0.3, 0.4) is 0 Å². The largest absolute Gasteiger partial charge is 0.508 e. The van der Waals surface area contributed by atoms with E-state index in [9.17, 15) is 19.5 Å². The Balaban J connectivity index is 2.86. The van der Waals surface area contributed by atoms with E-state index >= 15 is 0 Å². The van der Waals surface area contributed by atoms with E-state index in [-0.39, 0.29) is 22.5 Å². The molecular formula is C12H8O6. The van der Waals surface area contributed by atoms with E-state index in [4.69, 9.17) is 9.52 Å². The number of fused-ring (bicyclic) bond motifs is 1. The van der Waals surface area contributed by atoms with E-state index in [1.54, 1.807) is 0 Å². The molecule has 2 aromatic rings. The number of benzene rings is 1. The molecule has 0 aliphatic heterocycles. The molecule has 1 aromatic carbocycles. The van der Waals surface area contributed by atoms with E-state index in [1.807, 2.05) is 0 Å². The Labute approximate surface area is 100 Å². The molecule has 0 unspecified atom stereocenters. The normalized spacial score (nSPS) is 10.5. The molecule has 0 saturated heterocycles. The number of carboxylic acids is 1. The van der Waals surface area contributed by atoms with Gasteiger partial charge in [0, 0.05) is 6.07 Å². The Morgan fingerprint density at radius 1 is 1.28 bits per heavy atom. The molecule has 0 saturated carbocycles. The van der Waals surface area contributed by atoms with Gasteiger partial charge in [0.2, 0.25) is 5.43 Å². The number of aryl methyl sites for hydroxylation is 1. The van der Waals surface area contributed by atoms with Crippen molar-refractivity contribution < 1.29 is 24.2 Å². The zero-order valence-corrected chi connectivity index (χ0v) is 9.26. The minimum absolute atomic E-state index is 0.0444. The molecule has 2 rings (SSSR count). The fourth-order valence-corrected chi connectivity index (χ4v) is 1.66. The monoisotopic (exact) mass is 248 g/mol. The van der Waals surface area contributed by atoms with Crippen molar-refractivity contribution in [3.05, 3.63) is 39.7 Å². The molecule has 18 heavy (non-hydrogen) atoms. The van der Waals surface area contributed by atoms with E-state index in [2.05, 4.69) is 0 Å². The standard InChI is InChI=1S/C12H8O6/c1-5-9(11(15)12(16)17)10(14)7-3-2-6(13)4-8(7)18-5/h2-4,13H,1H3,(H,16,17). The van der Waals surface area contributed by atoms with Gasteiger partial charge in [-0.1, -0.05) is 0 Å². The molecule has 2 N–H and O–H groups in total. The van der Waals surface area contributed by atoms with E-state index < -0.39 is 22.7 Å². The van der Waals surface area contributed by atoms with Gasteiger partial charge in [-0.3, -0.25) is 9.59 Å². The number of phenolic OH excluding ortho intramolecular Hbond substituents is 1. The summed E-state index contributed by atoms with van der Waals surface area (Å²) in [6, 6.07) is 3.75. The number of aliphatic carboxylic acids is 1. The first kappa shape index (κ1) is 11.8. The summed E-state index contributed by atoms with van der Waals surface area (Å²) in [6.45, 7) is 1.32. The second-order valence-electron chi connectivity index (χ2n) is 3.68. The van der Waals surface area contributed by atoms with Gasteiger partial charge in [0.05, 0.1) is 5.39 Å². The summed E-state index contributed by atoms with van der Waals surface area (Å²) in [5.41, 5.74) is -1.12. The zero-order valence-electron chi connectivity index (χ0n) is 9.26. The minimum atomic E-state index is -1.72. The zero-order chi connectivity index (χ0) is 13.4. The van der Waals surface area contributed by atoms with Crippen LogP contribution in [0, 0.1) is 6.92 Å². The lowest BCUT2D eigenvalue weighted by Gasteiger charge is -2.04. The maximum Gasteiger partial charge on any atom is 0.377 e. The fourth-order valence-electron chi connectivity index (χ4n) is 1.66. The first-order valence-electron chi connectivity index (χ1n) is 4.96. The van der Waals surface area contributed by atoms with Gasteiger partial charge in [-0.2, -0.15) is 0 Å². The molecule has 0 amide bonds. The summed E-state index contributed by atoms with van der Waals surface area (Å²) in [5, 5.41) is 17.9. The van der Waals surface area contributed by atoms with Gasteiger partial charge in [-0.05, 0) is 19.1 Å². The summed E-state index contributed by atoms with van der Waals surface area (Å²) < 4.78 is 5.18. The number of rotatable bonds is 2. The van der Waals surface area contributed by atoms with Crippen LogP contribution in [-0.4, -0.2) is 22.0 Å². The van der Waals surface area contributed by atoms with Crippen LogP contribution in [0.2, 0.25) is 0 Å². The van der Waals surface area contributed by atoms with Crippen LogP contribution in [0.4, 0.5) is 0 Å². The van der Waals surface area contributed by atoms with Crippen LogP contribution in [0.25, 0.3) is 11.0 Å². The highest BCUT2D eigenvalue weighted by atomic mass is 16.4. The van der Waals surface area contributed by atoms with Gasteiger partial charge < -0.3 is 14.6 Å². The highest BCUT2D eigenvalue weighted by Gasteiger charge is 2.23. The number of carboxylic acid groups (broad SMARTS) is 1. The molecule has 0 radical (unpaired) electrons. The number of carbonyl (C=O) groups excluding carboxylic acids is 1. The molecule has 6 heteroatoms. The van der Waals surface area contributed by atoms with Crippen LogP contribution >= 0.6 is 0 Å². The smallest absolute Gasteiger partial charge is 0.377 e. The highest BCUT2D eigenvalue weighted by Crippen LogP contribution is 2.20. The Bertz CT molecular complexity index is 725. The second kappa shape index (κ2) is 3.99. The number of hydrogen-bond donors (Lipinski definition) is 2. The number of aromatic hydroxyl groups is 1. The van der Waals surface area contributed by atoms with Gasteiger partial charge in [0.15, 0.2) is 0 Å². The van der Waals surface area contributed by atoms with Crippen molar-refractivity contribution >= 4 is 22.7 Å². The van der Waals surface area contributed by atoms with Crippen molar-refractivity contribution in [3.8, 4) is 5.75 Å². The third-order valence-electron chi connectivity index (χ3n) is 2.47. The lowest BCUT2D eigenvalue weighted by atomic mass is 10.1. The predicted octanol–water partition coefficient (Wildman–Crippen LogP) is 1.07. The maximum absolute atomic E-state index is 12.0. The molecule has 0 fully saturated rings. The lowest BCUT2D eigenvalue weighted by Crippen LogP contribution is -2.23. The predicted molar refractivity (Wildman–Crippen MR) is 60.9 cm³/mol. The Morgan fingerprint density at radius 2 is 1.94 bits per heavy atom. The Kier molecular flexibility index (Phi) is 2.63. The summed E-state index contributed by atoms with van der Waals surface area (Å²) >= 11 is 0. The number of ketones is 1. The van der Waals surface area contributed by atoms with Crippen LogP contribution in [0.1, 0.15) is 16.1 Å². The number of Topliss-reactive ketones (excluding diaryl/α,β-unsaturated/α-hetero) is 1. The van der Waals surface area contributed by atoms with Gasteiger partial charge in [0.1, 0.15) is 22.7 Å². The number of phenols is 1. The van der Waals surface area contributed by atoms with E-state index in [0.29, 0.717) is 0 Å². The fraction of sp³-hybridized carbons (Fsp3) is 0.0833.